The van der Waals surface area contributed by atoms with Gasteiger partial charge in [0.25, 0.3) is 0 Å². The molecule has 0 heterocycles. The summed E-state index contributed by atoms with van der Waals surface area (Å²) in [6.07, 6.45) is 3.40. The van der Waals surface area contributed by atoms with E-state index in [1.165, 1.54) is 34.2 Å². The lowest BCUT2D eigenvalue weighted by Gasteiger charge is -2.40. The van der Waals surface area contributed by atoms with Crippen LogP contribution in [0, 0.1) is 0 Å². The zero-order chi connectivity index (χ0) is 30.6. The minimum Gasteiger partial charge on any atom is -0.0561 e. The van der Waals surface area contributed by atoms with Crippen LogP contribution < -0.4 is 0 Å². The second kappa shape index (κ2) is 10.7. The summed E-state index contributed by atoms with van der Waals surface area (Å²) in [6, 6.07) is 10.0. The molecule has 0 aliphatic rings. The highest BCUT2D eigenvalue weighted by molar-refractivity contribution is 5.56. The quantitative estimate of drug-likeness (QED) is 0.367. The van der Waals surface area contributed by atoms with Gasteiger partial charge in [0.05, 0.1) is 0 Å². The molecular formula is C39H64. The van der Waals surface area contributed by atoms with Gasteiger partial charge in [0.15, 0.2) is 0 Å². The largest absolute Gasteiger partial charge is 0.0561 e. The molecule has 39 heavy (non-hydrogen) atoms. The maximum Gasteiger partial charge on any atom is -0.0126 e. The van der Waals surface area contributed by atoms with Gasteiger partial charge < -0.3 is 0 Å². The first kappa shape index (κ1) is 33.6. The maximum absolute atomic E-state index is 2.59. The number of hydrogen-bond donors (Lipinski definition) is 0. The number of hydrogen-bond acceptors (Lipinski definition) is 0. The monoisotopic (exact) mass is 533 g/mol. The van der Waals surface area contributed by atoms with Crippen LogP contribution in [0.5, 0.6) is 0 Å². The smallest absolute Gasteiger partial charge is 0.0126 e. The van der Waals surface area contributed by atoms with Crippen LogP contribution in [0.1, 0.15) is 176 Å². The number of aryl methyl sites for hydroxylation is 1. The van der Waals surface area contributed by atoms with Gasteiger partial charge in [-0.15, -0.1) is 0 Å². The zero-order valence-electron chi connectivity index (χ0n) is 29.4. The van der Waals surface area contributed by atoms with Crippen molar-refractivity contribution in [2.24, 2.45) is 0 Å². The summed E-state index contributed by atoms with van der Waals surface area (Å²) in [4.78, 5) is 0. The molecule has 0 saturated heterocycles. The lowest BCUT2D eigenvalue weighted by atomic mass is 9.64. The molecule has 0 aliphatic carbocycles. The van der Waals surface area contributed by atoms with E-state index in [-0.39, 0.29) is 32.5 Å². The summed E-state index contributed by atoms with van der Waals surface area (Å²) in [7, 11) is 0. The van der Waals surface area contributed by atoms with Gasteiger partial charge in [0.2, 0.25) is 0 Å². The third-order valence-electron chi connectivity index (χ3n) is 8.16. The highest BCUT2D eigenvalue weighted by Gasteiger charge is 2.36. The first-order valence-corrected chi connectivity index (χ1v) is 15.5. The van der Waals surface area contributed by atoms with Gasteiger partial charge >= 0.3 is 0 Å². The van der Waals surface area contributed by atoms with Crippen LogP contribution in [0.3, 0.4) is 0 Å². The average Bonchev–Trinajstić information content (AvgIpc) is 2.68. The van der Waals surface area contributed by atoms with Gasteiger partial charge in [0, 0.05) is 0 Å². The van der Waals surface area contributed by atoms with Crippen LogP contribution in [0.2, 0.25) is 0 Å². The van der Waals surface area contributed by atoms with E-state index < -0.39 is 0 Å². The molecular weight excluding hydrogens is 468 g/mol. The summed E-state index contributed by atoms with van der Waals surface area (Å²) in [5, 5.41) is 0. The molecule has 220 valence electrons. The summed E-state index contributed by atoms with van der Waals surface area (Å²) in [5.41, 5.74) is 12.9. The van der Waals surface area contributed by atoms with Crippen LogP contribution in [0.4, 0.5) is 0 Å². The minimum absolute atomic E-state index is 0.0833. The van der Waals surface area contributed by atoms with E-state index in [1.807, 2.05) is 0 Å². The van der Waals surface area contributed by atoms with Crippen molar-refractivity contribution in [1.29, 1.82) is 0 Å². The first-order valence-electron chi connectivity index (χ1n) is 15.5. The van der Waals surface area contributed by atoms with E-state index in [0.717, 1.165) is 12.8 Å². The molecule has 0 nitrogen and oxygen atoms in total. The van der Waals surface area contributed by atoms with Gasteiger partial charge in [-0.3, -0.25) is 0 Å². The van der Waals surface area contributed by atoms with E-state index >= 15 is 0 Å². The van der Waals surface area contributed by atoms with E-state index in [1.54, 1.807) is 16.7 Å². The average molecular weight is 533 g/mol. The summed E-state index contributed by atoms with van der Waals surface area (Å²) in [6.45, 7) is 43.0. The Labute approximate surface area is 244 Å². The Bertz CT molecular complexity index is 1060. The summed E-state index contributed by atoms with van der Waals surface area (Å²) >= 11 is 0. The lowest BCUT2D eigenvalue weighted by molar-refractivity contribution is 0.490. The lowest BCUT2D eigenvalue weighted by Crippen LogP contribution is -2.31. The number of benzene rings is 2. The van der Waals surface area contributed by atoms with Crippen molar-refractivity contribution in [3.63, 3.8) is 0 Å². The summed E-state index contributed by atoms with van der Waals surface area (Å²) in [5.74, 6) is 0. The molecule has 2 rings (SSSR count). The topological polar surface area (TPSA) is 0 Å². The van der Waals surface area contributed by atoms with Crippen molar-refractivity contribution in [3.8, 4) is 0 Å². The fourth-order valence-electron chi connectivity index (χ4n) is 6.06. The molecule has 0 radical (unpaired) electrons. The molecule has 0 aromatic heterocycles. The first-order chi connectivity index (χ1) is 17.1. The van der Waals surface area contributed by atoms with Crippen molar-refractivity contribution in [1.82, 2.24) is 0 Å². The molecule has 0 atom stereocenters. The Kier molecular flexibility index (Phi) is 9.22. The molecule has 0 aliphatic heterocycles. The molecule has 0 N–H and O–H groups in total. The van der Waals surface area contributed by atoms with Crippen molar-refractivity contribution < 1.29 is 0 Å². The van der Waals surface area contributed by atoms with Crippen molar-refractivity contribution >= 4 is 0 Å². The Morgan fingerprint density at radius 2 is 0.744 bits per heavy atom. The normalized spacial score (nSPS) is 14.2. The molecule has 2 aromatic carbocycles. The second-order valence-electron chi connectivity index (χ2n) is 18.5. The van der Waals surface area contributed by atoms with Crippen LogP contribution in [-0.2, 0) is 45.3 Å². The standard InChI is InChI=1S/C39H64/c1-34(2,3)27-22-26(23-28(24-27)35(4,5)6)20-19-21-29-32(38(13,14)15)30(36(7,8)9)25-31(37(10,11)12)33(29)39(16,17)18/h22-25H,19-21H2,1-18H3. The Hall–Kier alpha value is -1.56. The van der Waals surface area contributed by atoms with Crippen LogP contribution >= 0.6 is 0 Å². The Morgan fingerprint density at radius 1 is 0.385 bits per heavy atom. The zero-order valence-corrected chi connectivity index (χ0v) is 29.4. The van der Waals surface area contributed by atoms with E-state index in [0.29, 0.717) is 0 Å². The third-order valence-corrected chi connectivity index (χ3v) is 8.16. The van der Waals surface area contributed by atoms with Crippen molar-refractivity contribution in [3.05, 3.63) is 68.8 Å². The predicted molar refractivity (Wildman–Crippen MR) is 177 cm³/mol. The molecule has 0 bridgehead atoms. The molecule has 0 saturated carbocycles. The van der Waals surface area contributed by atoms with Crippen LogP contribution in [-0.4, -0.2) is 0 Å². The van der Waals surface area contributed by atoms with Gasteiger partial charge in [-0.1, -0.05) is 149 Å². The van der Waals surface area contributed by atoms with E-state index in [9.17, 15) is 0 Å². The van der Waals surface area contributed by atoms with Crippen molar-refractivity contribution in [2.45, 2.75) is 176 Å². The van der Waals surface area contributed by atoms with Gasteiger partial charge in [-0.05, 0) is 96.3 Å². The van der Waals surface area contributed by atoms with Gasteiger partial charge in [0.1, 0.15) is 0 Å². The predicted octanol–water partition coefficient (Wildman–Crippen LogP) is 11.6. The molecule has 0 unspecified atom stereocenters. The van der Waals surface area contributed by atoms with Crippen molar-refractivity contribution in [2.75, 3.05) is 0 Å². The maximum atomic E-state index is 2.59. The minimum atomic E-state index is 0.0833. The Balaban J connectivity index is 2.77. The molecule has 0 spiro atoms. The SMILES string of the molecule is CC(C)(C)c1cc(CCCc2c(C(C)(C)C)c(C(C)(C)C)cc(C(C)(C)C)c2C(C)(C)C)cc(C(C)(C)C)c1. The highest BCUT2D eigenvalue weighted by atomic mass is 14.4. The fourth-order valence-corrected chi connectivity index (χ4v) is 6.06. The fraction of sp³-hybridized carbons (Fsp3) is 0.692. The van der Waals surface area contributed by atoms with E-state index in [2.05, 4.69) is 149 Å². The molecule has 0 fully saturated rings. The second-order valence-corrected chi connectivity index (χ2v) is 18.5. The van der Waals surface area contributed by atoms with Crippen LogP contribution in [0.25, 0.3) is 0 Å². The molecule has 2 aromatic rings. The van der Waals surface area contributed by atoms with Gasteiger partial charge in [-0.25, -0.2) is 0 Å². The van der Waals surface area contributed by atoms with E-state index in [4.69, 9.17) is 0 Å². The summed E-state index contributed by atoms with van der Waals surface area (Å²) < 4.78 is 0. The molecule has 0 heteroatoms. The molecule has 0 amide bonds. The highest BCUT2D eigenvalue weighted by Crippen LogP contribution is 2.46. The van der Waals surface area contributed by atoms with Gasteiger partial charge in [-0.2, -0.15) is 0 Å². The third kappa shape index (κ3) is 8.24. The Morgan fingerprint density at radius 3 is 1.03 bits per heavy atom. The number of rotatable bonds is 4. The van der Waals surface area contributed by atoms with Crippen LogP contribution in [0.15, 0.2) is 24.3 Å².